The summed E-state index contributed by atoms with van der Waals surface area (Å²) in [7, 11) is 0. The molecular weight excluding hydrogens is 238 g/mol. The van der Waals surface area contributed by atoms with Gasteiger partial charge in [0, 0.05) is 13.0 Å². The van der Waals surface area contributed by atoms with Gasteiger partial charge in [-0.15, -0.1) is 0 Å². The van der Waals surface area contributed by atoms with Gasteiger partial charge in [0.1, 0.15) is 5.82 Å². The number of nitrogens with one attached hydrogen (secondary N) is 1. The van der Waals surface area contributed by atoms with Crippen molar-refractivity contribution in [2.24, 2.45) is 0 Å². The molecular formula is C11H21N3S2. The molecule has 0 unspecified atom stereocenters. The third-order valence-electron chi connectivity index (χ3n) is 2.63. The number of thioether (sulfide) groups is 1. The highest BCUT2D eigenvalue weighted by Crippen LogP contribution is 2.07. The van der Waals surface area contributed by atoms with Gasteiger partial charge in [0.15, 0.2) is 4.77 Å². The molecule has 1 N–H and O–H groups in total. The lowest BCUT2D eigenvalue weighted by Crippen LogP contribution is -2.03. The molecule has 0 aliphatic carbocycles. The van der Waals surface area contributed by atoms with Crippen LogP contribution in [0.15, 0.2) is 0 Å². The monoisotopic (exact) mass is 259 g/mol. The number of H-pyrrole nitrogens is 1. The summed E-state index contributed by atoms with van der Waals surface area (Å²) < 4.78 is 2.89. The van der Waals surface area contributed by atoms with Gasteiger partial charge < -0.3 is 4.57 Å². The number of aromatic nitrogens is 3. The molecule has 3 nitrogen and oxygen atoms in total. The second-order valence-electron chi connectivity index (χ2n) is 3.86. The molecule has 0 bridgehead atoms. The molecule has 0 aliphatic rings. The number of unbranched alkanes of at least 4 members (excludes halogenated alkanes) is 3. The smallest absolute Gasteiger partial charge is 0.195 e. The first-order valence-electron chi connectivity index (χ1n) is 5.92. The normalized spacial score (nSPS) is 10.9. The molecule has 0 fully saturated rings. The van der Waals surface area contributed by atoms with Gasteiger partial charge in [0.05, 0.1) is 0 Å². The van der Waals surface area contributed by atoms with Crippen LogP contribution in [0.3, 0.4) is 0 Å². The van der Waals surface area contributed by atoms with Gasteiger partial charge in [-0.25, -0.2) is 0 Å². The van der Waals surface area contributed by atoms with Gasteiger partial charge in [-0.1, -0.05) is 19.8 Å². The fourth-order valence-corrected chi connectivity index (χ4v) is 2.46. The Hall–Kier alpha value is -0.290. The van der Waals surface area contributed by atoms with Crippen molar-refractivity contribution in [2.75, 3.05) is 12.0 Å². The molecule has 0 atom stereocenters. The van der Waals surface area contributed by atoms with Gasteiger partial charge in [-0.2, -0.15) is 16.9 Å². The Morgan fingerprint density at radius 3 is 2.75 bits per heavy atom. The summed E-state index contributed by atoms with van der Waals surface area (Å²) in [4.78, 5) is 0. The van der Waals surface area contributed by atoms with Crippen LogP contribution in [-0.4, -0.2) is 26.8 Å². The van der Waals surface area contributed by atoms with Crippen molar-refractivity contribution in [3.63, 3.8) is 0 Å². The number of aryl methyl sites for hydroxylation is 1. The van der Waals surface area contributed by atoms with E-state index in [1.165, 1.54) is 31.4 Å². The zero-order valence-electron chi connectivity index (χ0n) is 10.2. The summed E-state index contributed by atoms with van der Waals surface area (Å²) in [5, 5.41) is 7.07. The zero-order valence-corrected chi connectivity index (χ0v) is 11.8. The second kappa shape index (κ2) is 7.90. The van der Waals surface area contributed by atoms with Crippen LogP contribution in [0.4, 0.5) is 0 Å². The van der Waals surface area contributed by atoms with E-state index in [9.17, 15) is 0 Å². The molecule has 5 heteroatoms. The molecule has 0 radical (unpaired) electrons. The highest BCUT2D eigenvalue weighted by atomic mass is 32.2. The Balaban J connectivity index is 2.26. The first-order valence-corrected chi connectivity index (χ1v) is 7.72. The minimum atomic E-state index is 0.765. The number of hydrogen-bond acceptors (Lipinski definition) is 3. The SMILES string of the molecule is CCc1n[nH]c(=S)n1CCCCCCSC. The fourth-order valence-electron chi connectivity index (χ4n) is 1.72. The topological polar surface area (TPSA) is 33.6 Å². The van der Waals surface area contributed by atoms with E-state index < -0.39 is 0 Å². The number of hydrogen-bond donors (Lipinski definition) is 1. The summed E-state index contributed by atoms with van der Waals surface area (Å²) >= 11 is 7.13. The number of rotatable bonds is 8. The Kier molecular flexibility index (Phi) is 6.80. The Labute approximate surface area is 107 Å². The largest absolute Gasteiger partial charge is 0.304 e. The van der Waals surface area contributed by atoms with Gasteiger partial charge in [-0.05, 0) is 37.1 Å². The summed E-state index contributed by atoms with van der Waals surface area (Å²) in [6, 6.07) is 0. The Morgan fingerprint density at radius 2 is 2.06 bits per heavy atom. The van der Waals surface area contributed by atoms with Gasteiger partial charge in [-0.3, -0.25) is 5.10 Å². The molecule has 0 amide bonds. The Bertz CT molecular complexity index is 343. The summed E-state index contributed by atoms with van der Waals surface area (Å²) in [6.07, 6.45) is 8.26. The molecule has 16 heavy (non-hydrogen) atoms. The molecule has 0 aromatic carbocycles. The first kappa shape index (κ1) is 13.8. The van der Waals surface area contributed by atoms with E-state index in [2.05, 4.69) is 27.9 Å². The van der Waals surface area contributed by atoms with Crippen molar-refractivity contribution >= 4 is 24.0 Å². The highest BCUT2D eigenvalue weighted by Gasteiger charge is 2.02. The average molecular weight is 259 g/mol. The van der Waals surface area contributed by atoms with Gasteiger partial charge in [0.25, 0.3) is 0 Å². The van der Waals surface area contributed by atoms with E-state index in [1.807, 2.05) is 11.8 Å². The lowest BCUT2D eigenvalue weighted by atomic mass is 10.2. The van der Waals surface area contributed by atoms with Crippen LogP contribution in [0.5, 0.6) is 0 Å². The first-order chi connectivity index (χ1) is 7.79. The summed E-state index contributed by atoms with van der Waals surface area (Å²) in [6.45, 7) is 3.12. The molecule has 0 saturated carbocycles. The maximum atomic E-state index is 5.20. The molecule has 0 aliphatic heterocycles. The van der Waals surface area contributed by atoms with Crippen LogP contribution in [0.2, 0.25) is 0 Å². The van der Waals surface area contributed by atoms with Gasteiger partial charge >= 0.3 is 0 Å². The van der Waals surface area contributed by atoms with E-state index in [0.717, 1.165) is 23.6 Å². The second-order valence-corrected chi connectivity index (χ2v) is 5.23. The standard InChI is InChI=1S/C11H21N3S2/c1-3-10-12-13-11(15)14(10)8-6-4-5-7-9-16-2/h3-9H2,1-2H3,(H,13,15). The molecule has 1 aromatic heterocycles. The number of aromatic amines is 1. The minimum absolute atomic E-state index is 0.765. The van der Waals surface area contributed by atoms with Crippen molar-refractivity contribution in [3.8, 4) is 0 Å². The van der Waals surface area contributed by atoms with Crippen LogP contribution >= 0.6 is 24.0 Å². The predicted octanol–water partition coefficient (Wildman–Crippen LogP) is 3.43. The van der Waals surface area contributed by atoms with E-state index in [4.69, 9.17) is 12.2 Å². The highest BCUT2D eigenvalue weighted by molar-refractivity contribution is 7.98. The molecule has 0 spiro atoms. The van der Waals surface area contributed by atoms with Crippen molar-refractivity contribution in [1.82, 2.24) is 14.8 Å². The van der Waals surface area contributed by atoms with E-state index in [-0.39, 0.29) is 0 Å². The van der Waals surface area contributed by atoms with Crippen molar-refractivity contribution in [3.05, 3.63) is 10.6 Å². The fraction of sp³-hybridized carbons (Fsp3) is 0.818. The maximum absolute atomic E-state index is 5.20. The molecule has 1 aromatic rings. The molecule has 0 saturated heterocycles. The lowest BCUT2D eigenvalue weighted by molar-refractivity contribution is 0.563. The Morgan fingerprint density at radius 1 is 1.31 bits per heavy atom. The maximum Gasteiger partial charge on any atom is 0.195 e. The molecule has 1 rings (SSSR count). The van der Waals surface area contributed by atoms with Crippen LogP contribution in [0.1, 0.15) is 38.4 Å². The van der Waals surface area contributed by atoms with E-state index in [1.54, 1.807) is 0 Å². The third-order valence-corrected chi connectivity index (χ3v) is 3.64. The van der Waals surface area contributed by atoms with E-state index >= 15 is 0 Å². The average Bonchev–Trinajstić information content (AvgIpc) is 2.65. The lowest BCUT2D eigenvalue weighted by Gasteiger charge is -2.05. The summed E-state index contributed by atoms with van der Waals surface area (Å²) in [5.41, 5.74) is 0. The number of nitrogens with zero attached hydrogens (tertiary/aromatic N) is 2. The zero-order chi connectivity index (χ0) is 11.8. The van der Waals surface area contributed by atoms with Crippen LogP contribution in [0, 0.1) is 4.77 Å². The van der Waals surface area contributed by atoms with Crippen LogP contribution in [-0.2, 0) is 13.0 Å². The van der Waals surface area contributed by atoms with E-state index in [0.29, 0.717) is 0 Å². The van der Waals surface area contributed by atoms with Crippen molar-refractivity contribution in [1.29, 1.82) is 0 Å². The van der Waals surface area contributed by atoms with Crippen LogP contribution in [0.25, 0.3) is 0 Å². The van der Waals surface area contributed by atoms with Crippen molar-refractivity contribution in [2.45, 2.75) is 45.6 Å². The van der Waals surface area contributed by atoms with Crippen molar-refractivity contribution < 1.29 is 0 Å². The summed E-state index contributed by atoms with van der Waals surface area (Å²) in [5.74, 6) is 2.36. The third kappa shape index (κ3) is 4.29. The molecule has 1 heterocycles. The minimum Gasteiger partial charge on any atom is -0.304 e. The predicted molar refractivity (Wildman–Crippen MR) is 73.6 cm³/mol. The quantitative estimate of drug-likeness (QED) is 0.573. The van der Waals surface area contributed by atoms with Crippen LogP contribution < -0.4 is 0 Å². The van der Waals surface area contributed by atoms with Gasteiger partial charge in [0.2, 0.25) is 0 Å². The molecule has 92 valence electrons.